The van der Waals surface area contributed by atoms with E-state index >= 15 is 0 Å². The number of halogens is 3. The van der Waals surface area contributed by atoms with Crippen LogP contribution in [0.5, 0.6) is 5.75 Å². The van der Waals surface area contributed by atoms with Crippen molar-refractivity contribution in [3.05, 3.63) is 53.3 Å². The van der Waals surface area contributed by atoms with Gasteiger partial charge in [0, 0.05) is 17.7 Å². The molecule has 1 aliphatic heterocycles. The third kappa shape index (κ3) is 6.01. The Labute approximate surface area is 182 Å². The largest absolute Gasteiger partial charge is 0.491 e. The van der Waals surface area contributed by atoms with Gasteiger partial charge in [-0.25, -0.2) is 8.78 Å². The second-order valence-electron chi connectivity index (χ2n) is 7.86. The molecule has 6 heteroatoms. The van der Waals surface area contributed by atoms with Crippen molar-refractivity contribution in [3.63, 3.8) is 0 Å². The van der Waals surface area contributed by atoms with Crippen LogP contribution in [0.1, 0.15) is 64.0 Å². The molecule has 1 aliphatic rings. The van der Waals surface area contributed by atoms with Gasteiger partial charge in [0.05, 0.1) is 25.4 Å². The summed E-state index contributed by atoms with van der Waals surface area (Å²) in [5.74, 6) is -2.76. The van der Waals surface area contributed by atoms with E-state index in [-0.39, 0.29) is 35.7 Å². The Hall–Kier alpha value is -2.05. The maximum atomic E-state index is 14.8. The highest BCUT2D eigenvalue weighted by Crippen LogP contribution is 2.35. The number of hydrogen-bond donors (Lipinski definition) is 0. The van der Waals surface area contributed by atoms with Gasteiger partial charge in [-0.1, -0.05) is 38.3 Å². The Morgan fingerprint density at radius 1 is 0.968 bits per heavy atom. The summed E-state index contributed by atoms with van der Waals surface area (Å²) in [7, 11) is 0. The zero-order chi connectivity index (χ0) is 22.2. The smallest absolute Gasteiger partial charge is 0.201 e. The van der Waals surface area contributed by atoms with E-state index in [2.05, 4.69) is 6.92 Å². The topological polar surface area (TPSA) is 27.7 Å². The molecule has 170 valence electrons. The van der Waals surface area contributed by atoms with Gasteiger partial charge >= 0.3 is 0 Å². The van der Waals surface area contributed by atoms with Crippen LogP contribution in [0.15, 0.2) is 30.3 Å². The zero-order valence-corrected chi connectivity index (χ0v) is 18.3. The number of hydrogen-bond acceptors (Lipinski definition) is 3. The first-order valence-corrected chi connectivity index (χ1v) is 11.2. The Morgan fingerprint density at radius 2 is 1.81 bits per heavy atom. The third-order valence-corrected chi connectivity index (χ3v) is 5.59. The van der Waals surface area contributed by atoms with Crippen LogP contribution in [0.25, 0.3) is 11.1 Å². The first-order chi connectivity index (χ1) is 15.0. The molecule has 3 rings (SSSR count). The third-order valence-electron chi connectivity index (χ3n) is 5.59. The highest BCUT2D eigenvalue weighted by Gasteiger charge is 2.26. The Morgan fingerprint density at radius 3 is 2.48 bits per heavy atom. The van der Waals surface area contributed by atoms with Crippen molar-refractivity contribution in [3.8, 4) is 16.9 Å². The van der Waals surface area contributed by atoms with Crippen molar-refractivity contribution in [1.29, 1.82) is 0 Å². The fourth-order valence-corrected chi connectivity index (χ4v) is 3.86. The molecule has 0 bridgehead atoms. The van der Waals surface area contributed by atoms with Crippen molar-refractivity contribution in [2.75, 3.05) is 19.8 Å². The summed E-state index contributed by atoms with van der Waals surface area (Å²) in [5, 5.41) is 0. The van der Waals surface area contributed by atoms with Crippen molar-refractivity contribution in [2.45, 2.75) is 64.6 Å². The summed E-state index contributed by atoms with van der Waals surface area (Å²) in [5.41, 5.74) is 0.689. The molecule has 2 atom stereocenters. The van der Waals surface area contributed by atoms with Crippen LogP contribution < -0.4 is 4.74 Å². The van der Waals surface area contributed by atoms with Crippen LogP contribution in [0, 0.1) is 17.5 Å². The van der Waals surface area contributed by atoms with E-state index in [0.717, 1.165) is 19.4 Å². The van der Waals surface area contributed by atoms with Gasteiger partial charge in [0.25, 0.3) is 0 Å². The molecule has 0 spiro atoms. The molecule has 2 unspecified atom stereocenters. The number of benzene rings is 2. The molecule has 2 aromatic carbocycles. The molecule has 2 aromatic rings. The zero-order valence-electron chi connectivity index (χ0n) is 18.3. The molecule has 1 saturated heterocycles. The minimum Gasteiger partial charge on any atom is -0.491 e. The van der Waals surface area contributed by atoms with Crippen LogP contribution in [-0.4, -0.2) is 25.9 Å². The number of ether oxygens (including phenoxy) is 3. The van der Waals surface area contributed by atoms with E-state index < -0.39 is 17.5 Å². The van der Waals surface area contributed by atoms with Crippen LogP contribution in [0.4, 0.5) is 13.2 Å². The van der Waals surface area contributed by atoms with Gasteiger partial charge in [0.1, 0.15) is 5.82 Å². The highest BCUT2D eigenvalue weighted by molar-refractivity contribution is 5.66. The quantitative estimate of drug-likeness (QED) is 0.376. The fraction of sp³-hybridized carbons (Fsp3) is 0.520. The van der Waals surface area contributed by atoms with E-state index in [1.165, 1.54) is 37.5 Å². The lowest BCUT2D eigenvalue weighted by Gasteiger charge is -2.29. The summed E-state index contributed by atoms with van der Waals surface area (Å²) in [6.07, 6.45) is 5.76. The Bertz CT molecular complexity index is 848. The normalized spacial score (nSPS) is 18.9. The van der Waals surface area contributed by atoms with Gasteiger partial charge in [-0.3, -0.25) is 0 Å². The predicted octanol–water partition coefficient (Wildman–Crippen LogP) is 6.99. The maximum absolute atomic E-state index is 14.8. The lowest BCUT2D eigenvalue weighted by Crippen LogP contribution is -2.28. The SMILES string of the molecule is CCCCCCOC1CCC(c2ccc(-c3ccc(OCC)c(F)c3F)cc2F)OC1. The summed E-state index contributed by atoms with van der Waals surface area (Å²) < 4.78 is 60.2. The molecule has 0 aromatic heterocycles. The van der Waals surface area contributed by atoms with Crippen LogP contribution in [0.2, 0.25) is 0 Å². The van der Waals surface area contributed by atoms with Crippen molar-refractivity contribution >= 4 is 0 Å². The molecule has 0 radical (unpaired) electrons. The number of unbranched alkanes of at least 4 members (excludes halogenated alkanes) is 3. The molecule has 0 saturated carbocycles. The second kappa shape index (κ2) is 11.5. The maximum Gasteiger partial charge on any atom is 0.201 e. The fourth-order valence-electron chi connectivity index (χ4n) is 3.86. The van der Waals surface area contributed by atoms with Gasteiger partial charge in [-0.2, -0.15) is 4.39 Å². The van der Waals surface area contributed by atoms with Crippen molar-refractivity contribution < 1.29 is 27.4 Å². The average molecular weight is 437 g/mol. The highest BCUT2D eigenvalue weighted by atomic mass is 19.2. The molecular weight excluding hydrogens is 405 g/mol. The lowest BCUT2D eigenvalue weighted by atomic mass is 9.96. The first-order valence-electron chi connectivity index (χ1n) is 11.2. The lowest BCUT2D eigenvalue weighted by molar-refractivity contribution is -0.0881. The molecular formula is C25H31F3O3. The van der Waals surface area contributed by atoms with Gasteiger partial charge in [0.2, 0.25) is 5.82 Å². The molecule has 31 heavy (non-hydrogen) atoms. The average Bonchev–Trinajstić information content (AvgIpc) is 2.77. The predicted molar refractivity (Wildman–Crippen MR) is 115 cm³/mol. The monoisotopic (exact) mass is 436 g/mol. The number of rotatable bonds is 10. The van der Waals surface area contributed by atoms with Crippen LogP contribution in [0.3, 0.4) is 0 Å². The van der Waals surface area contributed by atoms with E-state index in [4.69, 9.17) is 14.2 Å². The molecule has 0 aliphatic carbocycles. The van der Waals surface area contributed by atoms with E-state index in [1.54, 1.807) is 19.1 Å². The molecule has 1 heterocycles. The van der Waals surface area contributed by atoms with E-state index in [0.29, 0.717) is 18.6 Å². The van der Waals surface area contributed by atoms with Crippen molar-refractivity contribution in [1.82, 2.24) is 0 Å². The second-order valence-corrected chi connectivity index (χ2v) is 7.86. The van der Waals surface area contributed by atoms with Gasteiger partial charge < -0.3 is 14.2 Å². The van der Waals surface area contributed by atoms with Gasteiger partial charge in [0.15, 0.2) is 11.6 Å². The Kier molecular flexibility index (Phi) is 8.79. The first kappa shape index (κ1) is 23.6. The van der Waals surface area contributed by atoms with E-state index in [1.807, 2.05) is 0 Å². The van der Waals surface area contributed by atoms with Gasteiger partial charge in [-0.05, 0) is 49.9 Å². The minimum atomic E-state index is -1.07. The molecule has 1 fully saturated rings. The summed E-state index contributed by atoms with van der Waals surface area (Å²) >= 11 is 0. The molecule has 0 N–H and O–H groups in total. The summed E-state index contributed by atoms with van der Waals surface area (Å²) in [6, 6.07) is 7.17. The van der Waals surface area contributed by atoms with Crippen LogP contribution >= 0.6 is 0 Å². The van der Waals surface area contributed by atoms with Gasteiger partial charge in [-0.15, -0.1) is 0 Å². The van der Waals surface area contributed by atoms with Crippen LogP contribution in [-0.2, 0) is 9.47 Å². The minimum absolute atomic E-state index is 0.00694. The molecule has 3 nitrogen and oxygen atoms in total. The summed E-state index contributed by atoms with van der Waals surface area (Å²) in [4.78, 5) is 0. The standard InChI is InChI=1S/C25H31F3O3/c1-3-5-6-7-14-30-18-9-12-22(31-16-18)20-10-8-17(15-21(20)26)19-11-13-23(29-4-2)25(28)24(19)27/h8,10-11,13,15,18,22H,3-7,9,12,14,16H2,1-2H3. The summed E-state index contributed by atoms with van der Waals surface area (Å²) in [6.45, 7) is 5.25. The Balaban J connectivity index is 1.61. The molecule has 0 amide bonds. The van der Waals surface area contributed by atoms with E-state index in [9.17, 15) is 13.2 Å². The van der Waals surface area contributed by atoms with Crippen molar-refractivity contribution in [2.24, 2.45) is 0 Å².